The number of para-hydroxylation sites is 2. The maximum absolute atomic E-state index is 14.0. The number of fused-ring (bicyclic) bond motifs is 3. The minimum absolute atomic E-state index is 0.126. The lowest BCUT2D eigenvalue weighted by molar-refractivity contribution is 0.162. The zero-order chi connectivity index (χ0) is 19.0. The van der Waals surface area contributed by atoms with E-state index in [1.807, 2.05) is 30.5 Å². The van der Waals surface area contributed by atoms with Crippen molar-refractivity contribution in [2.45, 2.75) is 26.4 Å². The number of hydrogen-bond donors (Lipinski definition) is 1. The van der Waals surface area contributed by atoms with E-state index < -0.39 is 5.82 Å². The molecule has 0 fully saturated rings. The first-order valence-corrected chi connectivity index (χ1v) is 9.14. The van der Waals surface area contributed by atoms with Gasteiger partial charge in [0.15, 0.2) is 0 Å². The fourth-order valence-electron chi connectivity index (χ4n) is 3.82. The Labute approximate surface area is 158 Å². The van der Waals surface area contributed by atoms with E-state index in [9.17, 15) is 9.18 Å². The number of nitrogens with zero attached hydrogens (tertiary/aromatic N) is 2. The molecule has 0 aliphatic carbocycles. The number of carbonyl (C=O) groups is 1. The topological polar surface area (TPSA) is 37.3 Å². The van der Waals surface area contributed by atoms with Gasteiger partial charge >= 0.3 is 6.03 Å². The van der Waals surface area contributed by atoms with Gasteiger partial charge in [-0.3, -0.25) is 0 Å². The predicted molar refractivity (Wildman–Crippen MR) is 104 cm³/mol. The molecule has 27 heavy (non-hydrogen) atoms. The Kier molecular flexibility index (Phi) is 4.44. The summed E-state index contributed by atoms with van der Waals surface area (Å²) in [6.07, 6.45) is 2.03. The van der Waals surface area contributed by atoms with Crippen molar-refractivity contribution in [2.24, 2.45) is 5.92 Å². The summed E-state index contributed by atoms with van der Waals surface area (Å²) in [5.74, 6) is -0.245. The summed E-state index contributed by atoms with van der Waals surface area (Å²) in [6, 6.07) is 17.9. The largest absolute Gasteiger partial charge is 0.322 e. The smallest absolute Gasteiger partial charge is 0.318 e. The number of anilines is 1. The molecule has 1 N–H and O–H groups in total. The van der Waals surface area contributed by atoms with Crippen LogP contribution in [0.4, 0.5) is 14.9 Å². The molecule has 3 aromatic rings. The van der Waals surface area contributed by atoms with E-state index in [2.05, 4.69) is 35.9 Å². The molecule has 1 aliphatic rings. The van der Waals surface area contributed by atoms with Crippen molar-refractivity contribution >= 4 is 11.7 Å². The van der Waals surface area contributed by atoms with Crippen molar-refractivity contribution in [3.05, 3.63) is 83.9 Å². The fraction of sp³-hybridized carbons (Fsp3) is 0.227. The fourth-order valence-corrected chi connectivity index (χ4v) is 3.82. The molecule has 2 aromatic carbocycles. The molecule has 4 nitrogen and oxygen atoms in total. The molecule has 1 unspecified atom stereocenters. The summed E-state index contributed by atoms with van der Waals surface area (Å²) in [7, 11) is 0. The van der Waals surface area contributed by atoms with Gasteiger partial charge in [0.2, 0.25) is 0 Å². The van der Waals surface area contributed by atoms with Crippen molar-refractivity contribution in [3.8, 4) is 5.69 Å². The first kappa shape index (κ1) is 17.3. The third-order valence-corrected chi connectivity index (χ3v) is 5.02. The van der Waals surface area contributed by atoms with E-state index in [-0.39, 0.29) is 23.7 Å². The molecular weight excluding hydrogens is 341 g/mol. The lowest BCUT2D eigenvalue weighted by Crippen LogP contribution is -2.39. The second-order valence-corrected chi connectivity index (χ2v) is 7.16. The number of benzene rings is 2. The van der Waals surface area contributed by atoms with E-state index in [1.54, 1.807) is 23.1 Å². The van der Waals surface area contributed by atoms with Crippen LogP contribution in [0.3, 0.4) is 0 Å². The van der Waals surface area contributed by atoms with E-state index in [1.165, 1.54) is 6.07 Å². The van der Waals surface area contributed by atoms with Crippen LogP contribution in [0.5, 0.6) is 0 Å². The summed E-state index contributed by atoms with van der Waals surface area (Å²) >= 11 is 0. The molecule has 0 spiro atoms. The number of amides is 2. The van der Waals surface area contributed by atoms with E-state index >= 15 is 0 Å². The van der Waals surface area contributed by atoms with Crippen molar-refractivity contribution in [1.29, 1.82) is 0 Å². The number of nitrogens with one attached hydrogen (secondary N) is 1. The Morgan fingerprint density at radius 3 is 2.59 bits per heavy atom. The maximum atomic E-state index is 14.0. The van der Waals surface area contributed by atoms with Crippen LogP contribution in [0, 0.1) is 11.7 Å². The first-order valence-electron chi connectivity index (χ1n) is 9.14. The van der Waals surface area contributed by atoms with Gasteiger partial charge in [-0.15, -0.1) is 0 Å². The van der Waals surface area contributed by atoms with Gasteiger partial charge in [-0.25, -0.2) is 9.18 Å². The van der Waals surface area contributed by atoms with Gasteiger partial charge in [0.1, 0.15) is 5.82 Å². The number of hydrogen-bond acceptors (Lipinski definition) is 1. The quantitative estimate of drug-likeness (QED) is 0.654. The highest BCUT2D eigenvalue weighted by atomic mass is 19.1. The van der Waals surface area contributed by atoms with Crippen molar-refractivity contribution in [3.63, 3.8) is 0 Å². The van der Waals surface area contributed by atoms with Gasteiger partial charge in [-0.2, -0.15) is 0 Å². The monoisotopic (exact) mass is 363 g/mol. The molecule has 138 valence electrons. The normalized spacial score (nSPS) is 15.9. The first-order chi connectivity index (χ1) is 13.1. The van der Waals surface area contributed by atoms with Gasteiger partial charge in [-0.05, 0) is 41.8 Å². The molecule has 1 aliphatic heterocycles. The molecule has 0 saturated carbocycles. The van der Waals surface area contributed by atoms with Crippen LogP contribution >= 0.6 is 0 Å². The number of aromatic nitrogens is 1. The Bertz CT molecular complexity index is 979. The minimum Gasteiger partial charge on any atom is -0.318 e. The number of rotatable bonds is 2. The number of urea groups is 1. The summed E-state index contributed by atoms with van der Waals surface area (Å²) in [6.45, 7) is 4.66. The highest BCUT2D eigenvalue weighted by molar-refractivity contribution is 5.90. The van der Waals surface area contributed by atoms with Crippen LogP contribution in [0.1, 0.15) is 31.1 Å². The zero-order valence-corrected chi connectivity index (χ0v) is 15.4. The van der Waals surface area contributed by atoms with Crippen molar-refractivity contribution in [1.82, 2.24) is 9.47 Å². The summed E-state index contributed by atoms with van der Waals surface area (Å²) in [5, 5.41) is 2.75. The number of carbonyl (C=O) groups excluding carboxylic acids is 1. The molecule has 2 heterocycles. The van der Waals surface area contributed by atoms with E-state index in [0.29, 0.717) is 6.54 Å². The molecule has 4 rings (SSSR count). The standard InChI is InChI=1S/C22H22FN3O/c1-15(2)21-20-12-7-13-25(20)19-11-6-3-8-16(19)14-26(21)22(27)24-18-10-5-4-9-17(18)23/h3-13,15,21H,14H2,1-2H3,(H,24,27). The van der Waals surface area contributed by atoms with Crippen LogP contribution in [-0.2, 0) is 6.54 Å². The molecule has 0 radical (unpaired) electrons. The van der Waals surface area contributed by atoms with Crippen LogP contribution in [-0.4, -0.2) is 15.5 Å². The average Bonchev–Trinajstić information content (AvgIpc) is 3.07. The van der Waals surface area contributed by atoms with Gasteiger partial charge in [0.25, 0.3) is 0 Å². The van der Waals surface area contributed by atoms with E-state index in [0.717, 1.165) is 16.9 Å². The number of halogens is 1. The Morgan fingerprint density at radius 1 is 1.07 bits per heavy atom. The molecular formula is C22H22FN3O. The molecule has 2 amide bonds. The lowest BCUT2D eigenvalue weighted by atomic mass is 9.99. The SMILES string of the molecule is CC(C)C1c2cccn2-c2ccccc2CN1C(=O)Nc1ccccc1F. The van der Waals surface area contributed by atoms with Crippen LogP contribution in [0.25, 0.3) is 5.69 Å². The van der Waals surface area contributed by atoms with Gasteiger partial charge in [0, 0.05) is 11.9 Å². The van der Waals surface area contributed by atoms with Gasteiger partial charge in [-0.1, -0.05) is 44.2 Å². The maximum Gasteiger partial charge on any atom is 0.322 e. The minimum atomic E-state index is -0.439. The molecule has 0 bridgehead atoms. The molecule has 1 atom stereocenters. The third kappa shape index (κ3) is 3.10. The Morgan fingerprint density at radius 2 is 1.81 bits per heavy atom. The highest BCUT2D eigenvalue weighted by Gasteiger charge is 2.33. The highest BCUT2D eigenvalue weighted by Crippen LogP contribution is 2.36. The average molecular weight is 363 g/mol. The second-order valence-electron chi connectivity index (χ2n) is 7.16. The van der Waals surface area contributed by atoms with Gasteiger partial charge < -0.3 is 14.8 Å². The van der Waals surface area contributed by atoms with Crippen molar-refractivity contribution in [2.75, 3.05) is 5.32 Å². The summed E-state index contributed by atoms with van der Waals surface area (Å²) in [5.41, 5.74) is 3.38. The van der Waals surface area contributed by atoms with E-state index in [4.69, 9.17) is 0 Å². The predicted octanol–water partition coefficient (Wildman–Crippen LogP) is 5.36. The van der Waals surface area contributed by atoms with Crippen LogP contribution in [0.2, 0.25) is 0 Å². The third-order valence-electron chi connectivity index (χ3n) is 5.02. The van der Waals surface area contributed by atoms with Crippen molar-refractivity contribution < 1.29 is 9.18 Å². The second kappa shape index (κ2) is 6.91. The Hall–Kier alpha value is -3.08. The zero-order valence-electron chi connectivity index (χ0n) is 15.4. The Balaban J connectivity index is 1.77. The summed E-state index contributed by atoms with van der Waals surface area (Å²) in [4.78, 5) is 15.0. The van der Waals surface area contributed by atoms with Crippen LogP contribution < -0.4 is 5.32 Å². The summed E-state index contributed by atoms with van der Waals surface area (Å²) < 4.78 is 16.2. The van der Waals surface area contributed by atoms with Crippen LogP contribution in [0.15, 0.2) is 66.9 Å². The molecule has 1 aromatic heterocycles. The van der Waals surface area contributed by atoms with Gasteiger partial charge in [0.05, 0.1) is 24.0 Å². The molecule has 0 saturated heterocycles. The lowest BCUT2D eigenvalue weighted by Gasteiger charge is -2.33. The molecule has 5 heteroatoms.